The molecule has 0 bridgehead atoms. The highest BCUT2D eigenvalue weighted by Gasteiger charge is 2.15. The standard InChI is InChI=1S/C18H15N5O2/c19-11-14-6-7-17(18(10-14)23(24)25)20-12-15-4-1-2-5-16(15)13-22-9-3-8-21-22/h1-10,20H,12-13H2. The number of hydrogen-bond acceptors (Lipinski definition) is 5. The van der Waals surface area contributed by atoms with Gasteiger partial charge in [0.15, 0.2) is 0 Å². The van der Waals surface area contributed by atoms with Gasteiger partial charge in [0.05, 0.1) is 23.1 Å². The van der Waals surface area contributed by atoms with Gasteiger partial charge >= 0.3 is 0 Å². The molecule has 0 saturated heterocycles. The molecule has 0 aliphatic heterocycles. The smallest absolute Gasteiger partial charge is 0.293 e. The summed E-state index contributed by atoms with van der Waals surface area (Å²) in [6.45, 7) is 1.06. The van der Waals surface area contributed by atoms with Crippen molar-refractivity contribution in [2.24, 2.45) is 0 Å². The highest BCUT2D eigenvalue weighted by molar-refractivity contribution is 5.64. The number of rotatable bonds is 6. The lowest BCUT2D eigenvalue weighted by atomic mass is 10.1. The van der Waals surface area contributed by atoms with Crippen LogP contribution in [0.2, 0.25) is 0 Å². The first-order valence-corrected chi connectivity index (χ1v) is 7.64. The predicted octanol–water partition coefficient (Wildman–Crippen LogP) is 3.32. The number of nitriles is 1. The molecule has 1 N–H and O–H groups in total. The molecular weight excluding hydrogens is 318 g/mol. The topological polar surface area (TPSA) is 96.8 Å². The zero-order valence-corrected chi connectivity index (χ0v) is 13.3. The fourth-order valence-electron chi connectivity index (χ4n) is 2.54. The zero-order chi connectivity index (χ0) is 17.6. The molecule has 0 amide bonds. The molecule has 0 unspecified atom stereocenters. The van der Waals surface area contributed by atoms with Crippen molar-refractivity contribution in [2.45, 2.75) is 13.1 Å². The molecular formula is C18H15N5O2. The molecule has 3 rings (SSSR count). The minimum Gasteiger partial charge on any atom is -0.375 e. The molecule has 0 aliphatic carbocycles. The molecule has 25 heavy (non-hydrogen) atoms. The van der Waals surface area contributed by atoms with Crippen LogP contribution in [0.4, 0.5) is 11.4 Å². The van der Waals surface area contributed by atoms with Crippen molar-refractivity contribution in [3.63, 3.8) is 0 Å². The Morgan fingerprint density at radius 2 is 2.00 bits per heavy atom. The van der Waals surface area contributed by atoms with E-state index in [1.165, 1.54) is 6.07 Å². The van der Waals surface area contributed by atoms with Crippen LogP contribution in [0.1, 0.15) is 16.7 Å². The number of benzene rings is 2. The fraction of sp³-hybridized carbons (Fsp3) is 0.111. The first kappa shape index (κ1) is 16.2. The Kier molecular flexibility index (Phi) is 4.72. The van der Waals surface area contributed by atoms with Crippen molar-refractivity contribution >= 4 is 11.4 Å². The number of nitro groups is 1. The van der Waals surface area contributed by atoms with Crippen LogP contribution in [-0.2, 0) is 13.1 Å². The summed E-state index contributed by atoms with van der Waals surface area (Å²) in [6.07, 6.45) is 3.61. The van der Waals surface area contributed by atoms with E-state index in [0.29, 0.717) is 18.8 Å². The van der Waals surface area contributed by atoms with E-state index in [9.17, 15) is 10.1 Å². The molecule has 3 aromatic rings. The number of nitrogens with one attached hydrogen (secondary N) is 1. The van der Waals surface area contributed by atoms with Gasteiger partial charge in [-0.1, -0.05) is 24.3 Å². The summed E-state index contributed by atoms with van der Waals surface area (Å²) in [6, 6.07) is 16.0. The van der Waals surface area contributed by atoms with Crippen LogP contribution in [0.3, 0.4) is 0 Å². The van der Waals surface area contributed by atoms with Gasteiger partial charge in [0, 0.05) is 25.0 Å². The monoisotopic (exact) mass is 333 g/mol. The summed E-state index contributed by atoms with van der Waals surface area (Å²) < 4.78 is 1.82. The predicted molar refractivity (Wildman–Crippen MR) is 92.9 cm³/mol. The Balaban J connectivity index is 1.81. The molecule has 0 radical (unpaired) electrons. The highest BCUT2D eigenvalue weighted by Crippen LogP contribution is 2.26. The normalized spacial score (nSPS) is 10.2. The van der Waals surface area contributed by atoms with E-state index in [1.807, 2.05) is 47.3 Å². The maximum atomic E-state index is 11.2. The van der Waals surface area contributed by atoms with Gasteiger partial charge < -0.3 is 5.32 Å². The van der Waals surface area contributed by atoms with E-state index in [4.69, 9.17) is 5.26 Å². The van der Waals surface area contributed by atoms with Gasteiger partial charge in [0.1, 0.15) is 5.69 Å². The van der Waals surface area contributed by atoms with Crippen molar-refractivity contribution < 1.29 is 4.92 Å². The van der Waals surface area contributed by atoms with Crippen LogP contribution in [0.15, 0.2) is 60.9 Å². The molecule has 2 aromatic carbocycles. The summed E-state index contributed by atoms with van der Waals surface area (Å²) >= 11 is 0. The van der Waals surface area contributed by atoms with E-state index in [-0.39, 0.29) is 11.3 Å². The Labute approximate surface area is 144 Å². The van der Waals surface area contributed by atoms with Crippen LogP contribution in [0.5, 0.6) is 0 Å². The summed E-state index contributed by atoms with van der Waals surface area (Å²) in [7, 11) is 0. The second kappa shape index (κ2) is 7.27. The van der Waals surface area contributed by atoms with E-state index in [0.717, 1.165) is 11.1 Å². The summed E-state index contributed by atoms with van der Waals surface area (Å²) in [4.78, 5) is 10.7. The number of nitrogens with zero attached hydrogens (tertiary/aromatic N) is 4. The van der Waals surface area contributed by atoms with Gasteiger partial charge in [-0.25, -0.2) is 0 Å². The van der Waals surface area contributed by atoms with Crippen LogP contribution < -0.4 is 5.32 Å². The average Bonchev–Trinajstić information content (AvgIpc) is 3.14. The number of nitro benzene ring substituents is 1. The van der Waals surface area contributed by atoms with E-state index in [2.05, 4.69) is 10.4 Å². The maximum absolute atomic E-state index is 11.2. The molecule has 0 atom stereocenters. The second-order valence-electron chi connectivity index (χ2n) is 5.43. The highest BCUT2D eigenvalue weighted by atomic mass is 16.6. The van der Waals surface area contributed by atoms with Gasteiger partial charge in [0.25, 0.3) is 5.69 Å². The Hall–Kier alpha value is -3.66. The lowest BCUT2D eigenvalue weighted by Gasteiger charge is -2.12. The van der Waals surface area contributed by atoms with Crippen LogP contribution in [0, 0.1) is 21.4 Å². The van der Waals surface area contributed by atoms with E-state index in [1.54, 1.807) is 18.3 Å². The fourth-order valence-corrected chi connectivity index (χ4v) is 2.54. The first-order chi connectivity index (χ1) is 12.2. The molecule has 1 heterocycles. The van der Waals surface area contributed by atoms with Gasteiger partial charge in [-0.3, -0.25) is 14.8 Å². The molecule has 124 valence electrons. The van der Waals surface area contributed by atoms with E-state index >= 15 is 0 Å². The quantitative estimate of drug-likeness (QED) is 0.551. The van der Waals surface area contributed by atoms with Gasteiger partial charge in [-0.2, -0.15) is 10.4 Å². The maximum Gasteiger partial charge on any atom is 0.293 e. The lowest BCUT2D eigenvalue weighted by molar-refractivity contribution is -0.384. The first-order valence-electron chi connectivity index (χ1n) is 7.64. The zero-order valence-electron chi connectivity index (χ0n) is 13.3. The van der Waals surface area contributed by atoms with Gasteiger partial charge in [0.2, 0.25) is 0 Å². The molecule has 7 heteroatoms. The van der Waals surface area contributed by atoms with Crippen LogP contribution in [0.25, 0.3) is 0 Å². The molecule has 1 aromatic heterocycles. The number of hydrogen-bond donors (Lipinski definition) is 1. The van der Waals surface area contributed by atoms with Crippen molar-refractivity contribution in [1.29, 1.82) is 5.26 Å². The summed E-state index contributed by atoms with van der Waals surface area (Å²) in [5.41, 5.74) is 2.64. The minimum atomic E-state index is -0.487. The Bertz CT molecular complexity index is 929. The summed E-state index contributed by atoms with van der Waals surface area (Å²) in [5.74, 6) is 0. The van der Waals surface area contributed by atoms with Crippen molar-refractivity contribution in [1.82, 2.24) is 9.78 Å². The van der Waals surface area contributed by atoms with Gasteiger partial charge in [-0.05, 0) is 29.3 Å². The number of anilines is 1. The van der Waals surface area contributed by atoms with Crippen molar-refractivity contribution in [3.8, 4) is 6.07 Å². The molecule has 0 spiro atoms. The molecule has 0 saturated carbocycles. The largest absolute Gasteiger partial charge is 0.375 e. The molecule has 0 fully saturated rings. The van der Waals surface area contributed by atoms with Crippen LogP contribution in [-0.4, -0.2) is 14.7 Å². The average molecular weight is 333 g/mol. The summed E-state index contributed by atoms with van der Waals surface area (Å²) in [5, 5.41) is 27.4. The van der Waals surface area contributed by atoms with E-state index < -0.39 is 4.92 Å². The molecule has 0 aliphatic rings. The lowest BCUT2D eigenvalue weighted by Crippen LogP contribution is -2.08. The SMILES string of the molecule is N#Cc1ccc(NCc2ccccc2Cn2cccn2)c([N+](=O)[O-])c1. The third-order valence-electron chi connectivity index (χ3n) is 3.80. The van der Waals surface area contributed by atoms with Crippen molar-refractivity contribution in [3.05, 3.63) is 87.7 Å². The van der Waals surface area contributed by atoms with Gasteiger partial charge in [-0.15, -0.1) is 0 Å². The Morgan fingerprint density at radius 3 is 2.68 bits per heavy atom. The third kappa shape index (κ3) is 3.82. The van der Waals surface area contributed by atoms with Crippen molar-refractivity contribution in [2.75, 3.05) is 5.32 Å². The second-order valence-corrected chi connectivity index (χ2v) is 5.43. The Morgan fingerprint density at radius 1 is 1.20 bits per heavy atom. The number of aromatic nitrogens is 2. The third-order valence-corrected chi connectivity index (χ3v) is 3.80. The van der Waals surface area contributed by atoms with Crippen LogP contribution >= 0.6 is 0 Å². The minimum absolute atomic E-state index is 0.108. The molecule has 7 nitrogen and oxygen atoms in total.